The first-order valence-corrected chi connectivity index (χ1v) is 6.92. The van der Waals surface area contributed by atoms with Crippen LogP contribution >= 0.6 is 11.6 Å². The summed E-state index contributed by atoms with van der Waals surface area (Å²) in [6, 6.07) is 5.54. The lowest BCUT2D eigenvalue weighted by atomic mass is 9.72. The monoisotopic (exact) mass is 274 g/mol. The van der Waals surface area contributed by atoms with Gasteiger partial charge in [0.15, 0.2) is 0 Å². The second-order valence-electron chi connectivity index (χ2n) is 5.17. The summed E-state index contributed by atoms with van der Waals surface area (Å²) in [5, 5.41) is 22.1. The lowest BCUT2D eigenvalue weighted by Gasteiger charge is -2.34. The van der Waals surface area contributed by atoms with E-state index in [0.29, 0.717) is 5.75 Å². The Morgan fingerprint density at radius 1 is 1.21 bits per heavy atom. The summed E-state index contributed by atoms with van der Waals surface area (Å²) in [5.74, 6) is 3.11. The molecule has 19 heavy (non-hydrogen) atoms. The van der Waals surface area contributed by atoms with Gasteiger partial charge in [0.1, 0.15) is 5.75 Å². The van der Waals surface area contributed by atoms with Crippen LogP contribution in [0.5, 0.6) is 5.75 Å². The van der Waals surface area contributed by atoms with Crippen LogP contribution < -0.4 is 0 Å². The van der Waals surface area contributed by atoms with Crippen LogP contribution in [0.25, 0.3) is 5.57 Å². The fourth-order valence-electron chi connectivity index (χ4n) is 3.25. The highest BCUT2D eigenvalue weighted by atomic mass is 35.5. The molecule has 0 heterocycles. The van der Waals surface area contributed by atoms with Gasteiger partial charge in [-0.2, -0.15) is 0 Å². The smallest absolute Gasteiger partial charge is 0.115 e. The molecule has 0 spiro atoms. The molecular formula is C16H15ClO2. The molecule has 1 aromatic rings. The number of phenols is 1. The van der Waals surface area contributed by atoms with Gasteiger partial charge in [-0.15, -0.1) is 0 Å². The van der Waals surface area contributed by atoms with E-state index in [4.69, 9.17) is 11.6 Å². The Balaban J connectivity index is 2.11. The van der Waals surface area contributed by atoms with Crippen LogP contribution in [-0.2, 0) is 6.42 Å². The van der Waals surface area contributed by atoms with Gasteiger partial charge in [0, 0.05) is 5.38 Å². The van der Waals surface area contributed by atoms with Gasteiger partial charge in [0.2, 0.25) is 0 Å². The zero-order chi connectivity index (χ0) is 13.4. The molecule has 0 radical (unpaired) electrons. The van der Waals surface area contributed by atoms with Crippen LogP contribution in [0.1, 0.15) is 30.4 Å². The number of phenolic OH excluding ortho intramolecular Hbond substituents is 1. The quantitative estimate of drug-likeness (QED) is 0.714. The van der Waals surface area contributed by atoms with Crippen molar-refractivity contribution >= 4 is 17.2 Å². The van der Waals surface area contributed by atoms with E-state index in [0.717, 1.165) is 25.7 Å². The molecule has 2 N–H and O–H groups in total. The highest BCUT2D eigenvalue weighted by Gasteiger charge is 2.32. The minimum atomic E-state index is -0.413. The van der Waals surface area contributed by atoms with Crippen LogP contribution in [0.2, 0.25) is 0 Å². The molecular weight excluding hydrogens is 260 g/mol. The number of aliphatic hydroxyl groups is 1. The van der Waals surface area contributed by atoms with Crippen molar-refractivity contribution in [3.8, 4) is 17.0 Å². The molecule has 0 aliphatic heterocycles. The molecule has 2 aliphatic carbocycles. The molecule has 2 atom stereocenters. The van der Waals surface area contributed by atoms with Gasteiger partial charge in [0.25, 0.3) is 0 Å². The Bertz CT molecular complexity index is 607. The Morgan fingerprint density at radius 3 is 2.84 bits per heavy atom. The SMILES string of the molecule is Oc1ccc2c(c1)CCC1=C2CC[C@@H](O)C1C#CCl. The number of halogens is 1. The molecule has 3 rings (SSSR count). The molecule has 0 bridgehead atoms. The maximum atomic E-state index is 10.1. The molecule has 2 aliphatic rings. The number of aliphatic hydroxyl groups excluding tert-OH is 1. The summed E-state index contributed by atoms with van der Waals surface area (Å²) >= 11 is 5.52. The standard InChI is InChI=1S/C16H15ClO2/c17-8-7-15-14-3-1-10-9-11(18)2-4-12(10)13(14)5-6-16(15)19/h2,4,9,15-16,18-19H,1,3,5-6H2/t15?,16-/m1/s1. The van der Waals surface area contributed by atoms with Crippen molar-refractivity contribution in [3.63, 3.8) is 0 Å². The van der Waals surface area contributed by atoms with Gasteiger partial charge in [-0.25, -0.2) is 0 Å². The summed E-state index contributed by atoms with van der Waals surface area (Å²) in [6.07, 6.45) is 2.95. The minimum Gasteiger partial charge on any atom is -0.508 e. The van der Waals surface area contributed by atoms with E-state index >= 15 is 0 Å². The molecule has 1 aromatic carbocycles. The molecule has 2 nitrogen and oxygen atoms in total. The third kappa shape index (κ3) is 2.14. The first-order chi connectivity index (χ1) is 9.20. The van der Waals surface area contributed by atoms with E-state index in [1.807, 2.05) is 12.1 Å². The van der Waals surface area contributed by atoms with E-state index in [1.54, 1.807) is 6.07 Å². The second kappa shape index (κ2) is 4.92. The third-order valence-corrected chi connectivity index (χ3v) is 4.23. The predicted molar refractivity (Wildman–Crippen MR) is 75.7 cm³/mol. The van der Waals surface area contributed by atoms with Crippen molar-refractivity contribution in [1.82, 2.24) is 0 Å². The normalized spacial score (nSPS) is 25.2. The fraction of sp³-hybridized carbons (Fsp3) is 0.375. The van der Waals surface area contributed by atoms with E-state index in [-0.39, 0.29) is 5.92 Å². The second-order valence-corrected chi connectivity index (χ2v) is 5.36. The number of fused-ring (bicyclic) bond motifs is 2. The van der Waals surface area contributed by atoms with Gasteiger partial charge in [-0.3, -0.25) is 0 Å². The minimum absolute atomic E-state index is 0.136. The molecule has 0 saturated carbocycles. The fourth-order valence-corrected chi connectivity index (χ4v) is 3.36. The molecule has 0 aromatic heterocycles. The van der Waals surface area contributed by atoms with Crippen LogP contribution in [0.3, 0.4) is 0 Å². The summed E-state index contributed by atoms with van der Waals surface area (Å²) in [4.78, 5) is 0. The summed E-state index contributed by atoms with van der Waals surface area (Å²) in [5.41, 5.74) is 4.90. The van der Waals surface area contributed by atoms with Gasteiger partial charge < -0.3 is 10.2 Å². The van der Waals surface area contributed by atoms with Crippen LogP contribution in [0.4, 0.5) is 0 Å². The maximum absolute atomic E-state index is 10.1. The lowest BCUT2D eigenvalue weighted by molar-refractivity contribution is 0.133. The molecule has 1 unspecified atom stereocenters. The first-order valence-electron chi connectivity index (χ1n) is 6.54. The van der Waals surface area contributed by atoms with Crippen molar-refractivity contribution in [2.24, 2.45) is 5.92 Å². The number of allylic oxidation sites excluding steroid dienone is 1. The number of aromatic hydroxyl groups is 1. The van der Waals surface area contributed by atoms with Gasteiger partial charge in [0.05, 0.1) is 12.0 Å². The van der Waals surface area contributed by atoms with E-state index in [1.165, 1.54) is 22.3 Å². The summed E-state index contributed by atoms with van der Waals surface area (Å²) in [7, 11) is 0. The van der Waals surface area contributed by atoms with Crippen molar-refractivity contribution in [2.75, 3.05) is 0 Å². The molecule has 98 valence electrons. The van der Waals surface area contributed by atoms with Gasteiger partial charge in [-0.05, 0) is 71.7 Å². The largest absolute Gasteiger partial charge is 0.508 e. The zero-order valence-corrected chi connectivity index (χ0v) is 11.2. The molecule has 0 amide bonds. The van der Waals surface area contributed by atoms with E-state index in [2.05, 4.69) is 11.3 Å². The highest BCUT2D eigenvalue weighted by molar-refractivity contribution is 6.30. The van der Waals surface area contributed by atoms with Crippen molar-refractivity contribution in [1.29, 1.82) is 0 Å². The Labute approximate surface area is 117 Å². The lowest BCUT2D eigenvalue weighted by Crippen LogP contribution is -2.28. The van der Waals surface area contributed by atoms with Gasteiger partial charge >= 0.3 is 0 Å². The van der Waals surface area contributed by atoms with E-state index < -0.39 is 6.10 Å². The maximum Gasteiger partial charge on any atom is 0.115 e. The highest BCUT2D eigenvalue weighted by Crippen LogP contribution is 2.43. The van der Waals surface area contributed by atoms with Crippen molar-refractivity contribution < 1.29 is 10.2 Å². The third-order valence-electron chi connectivity index (χ3n) is 4.13. The predicted octanol–water partition coefficient (Wildman–Crippen LogP) is 3.06. The number of aryl methyl sites for hydroxylation is 1. The summed E-state index contributed by atoms with van der Waals surface area (Å²) in [6.45, 7) is 0. The summed E-state index contributed by atoms with van der Waals surface area (Å²) < 4.78 is 0. The molecule has 0 saturated heterocycles. The molecule has 3 heteroatoms. The Morgan fingerprint density at radius 2 is 2.05 bits per heavy atom. The number of hydrogen-bond donors (Lipinski definition) is 2. The van der Waals surface area contributed by atoms with Gasteiger partial charge in [-0.1, -0.05) is 12.0 Å². The van der Waals surface area contributed by atoms with Crippen LogP contribution in [0.15, 0.2) is 23.8 Å². The number of hydrogen-bond acceptors (Lipinski definition) is 2. The average Bonchev–Trinajstić information content (AvgIpc) is 2.41. The van der Waals surface area contributed by atoms with E-state index in [9.17, 15) is 10.2 Å². The Kier molecular flexibility index (Phi) is 3.26. The van der Waals surface area contributed by atoms with Crippen LogP contribution in [-0.4, -0.2) is 16.3 Å². The number of rotatable bonds is 0. The Hall–Kier alpha value is -1.43. The average molecular weight is 275 g/mol. The number of benzene rings is 1. The van der Waals surface area contributed by atoms with Crippen LogP contribution in [0, 0.1) is 17.2 Å². The first kappa shape index (κ1) is 12.6. The van der Waals surface area contributed by atoms with Crippen molar-refractivity contribution in [2.45, 2.75) is 31.8 Å². The topological polar surface area (TPSA) is 40.5 Å². The van der Waals surface area contributed by atoms with Crippen molar-refractivity contribution in [3.05, 3.63) is 34.9 Å². The molecule has 0 fully saturated rings. The zero-order valence-electron chi connectivity index (χ0n) is 10.5.